The average Bonchev–Trinajstić information content (AvgIpc) is 0.918. The van der Waals surface area contributed by atoms with E-state index in [1.165, 1.54) is 7.11 Å². The Balaban J connectivity index is 0. The fourth-order valence-corrected chi connectivity index (χ4v) is 0. The standard InChI is InChI=1S/CH4O2.ClH/c1-3-2;/h2H,1H3;1H. The molecule has 0 saturated heterocycles. The first-order valence-electron chi connectivity index (χ1n) is 0.591. The lowest BCUT2D eigenvalue weighted by molar-refractivity contribution is -0.214. The highest BCUT2D eigenvalue weighted by Gasteiger charge is 1.26. The highest BCUT2D eigenvalue weighted by molar-refractivity contribution is 5.85. The molecule has 0 fully saturated rings. The summed E-state index contributed by atoms with van der Waals surface area (Å²) in [5.74, 6) is 0. The van der Waals surface area contributed by atoms with Crippen molar-refractivity contribution in [2.45, 2.75) is 0 Å². The van der Waals surface area contributed by atoms with E-state index in [2.05, 4.69) is 4.89 Å². The predicted molar refractivity (Wildman–Crippen MR) is 16.9 cm³/mol. The van der Waals surface area contributed by atoms with E-state index in [1.807, 2.05) is 0 Å². The Morgan fingerprint density at radius 2 is 1.75 bits per heavy atom. The first-order valence-corrected chi connectivity index (χ1v) is 0.591. The molecule has 28 valence electrons. The minimum absolute atomic E-state index is 0. The van der Waals surface area contributed by atoms with E-state index >= 15 is 0 Å². The second kappa shape index (κ2) is 10.7. The van der Waals surface area contributed by atoms with Gasteiger partial charge in [0.25, 0.3) is 0 Å². The summed E-state index contributed by atoms with van der Waals surface area (Å²) in [4.78, 5) is 3.25. The van der Waals surface area contributed by atoms with Gasteiger partial charge in [0.05, 0.1) is 7.11 Å². The molecule has 0 aliphatic heterocycles. The molecule has 0 atom stereocenters. The van der Waals surface area contributed by atoms with Gasteiger partial charge >= 0.3 is 0 Å². The molecule has 4 heavy (non-hydrogen) atoms. The van der Waals surface area contributed by atoms with Crippen LogP contribution in [0.15, 0.2) is 0 Å². The molecule has 1 N–H and O–H groups in total. The van der Waals surface area contributed by atoms with Crippen LogP contribution >= 0.6 is 12.4 Å². The van der Waals surface area contributed by atoms with Crippen LogP contribution in [0.2, 0.25) is 0 Å². The van der Waals surface area contributed by atoms with Gasteiger partial charge in [-0.05, 0) is 0 Å². The highest BCUT2D eigenvalue weighted by Crippen LogP contribution is 1.26. The van der Waals surface area contributed by atoms with Gasteiger partial charge in [-0.2, -0.15) is 0 Å². The topological polar surface area (TPSA) is 29.5 Å². The smallest absolute Gasteiger partial charge is 0.0710 e. The Kier molecular flexibility index (Phi) is 23.8. The summed E-state index contributed by atoms with van der Waals surface area (Å²) in [5, 5.41) is 7.07. The fraction of sp³-hybridized carbons (Fsp3) is 1.00. The number of hydrogen-bond donors (Lipinski definition) is 1. The van der Waals surface area contributed by atoms with E-state index in [4.69, 9.17) is 5.26 Å². The predicted octanol–water partition coefficient (Wildman–Crippen LogP) is 0.528. The Bertz CT molecular complexity index is 6.00. The van der Waals surface area contributed by atoms with Crippen LogP contribution in [-0.2, 0) is 4.89 Å². The highest BCUT2D eigenvalue weighted by atomic mass is 35.5. The molecule has 0 heterocycles. The van der Waals surface area contributed by atoms with Gasteiger partial charge < -0.3 is 0 Å². The van der Waals surface area contributed by atoms with Crippen molar-refractivity contribution in [3.63, 3.8) is 0 Å². The van der Waals surface area contributed by atoms with Gasteiger partial charge in [0.1, 0.15) is 0 Å². The zero-order valence-electron chi connectivity index (χ0n) is 2.26. The van der Waals surface area contributed by atoms with Crippen LogP contribution in [-0.4, -0.2) is 12.4 Å². The van der Waals surface area contributed by atoms with Crippen LogP contribution in [0.1, 0.15) is 0 Å². The monoisotopic (exact) mass is 84.0 g/mol. The molecule has 3 heteroatoms. The van der Waals surface area contributed by atoms with Crippen molar-refractivity contribution in [3.8, 4) is 0 Å². The number of rotatable bonds is 0. The van der Waals surface area contributed by atoms with Crippen molar-refractivity contribution in [1.29, 1.82) is 0 Å². The molecule has 0 aromatic heterocycles. The van der Waals surface area contributed by atoms with E-state index < -0.39 is 0 Å². The Hall–Kier alpha value is 0.210. The van der Waals surface area contributed by atoms with Crippen molar-refractivity contribution in [2.75, 3.05) is 7.11 Å². The van der Waals surface area contributed by atoms with Crippen molar-refractivity contribution >= 4 is 12.4 Å². The van der Waals surface area contributed by atoms with Crippen LogP contribution in [0.3, 0.4) is 0 Å². The molecule has 2 nitrogen and oxygen atoms in total. The second-order valence-electron chi connectivity index (χ2n) is 0.183. The van der Waals surface area contributed by atoms with E-state index in [-0.39, 0.29) is 12.4 Å². The van der Waals surface area contributed by atoms with Crippen LogP contribution in [0, 0.1) is 0 Å². The van der Waals surface area contributed by atoms with Crippen molar-refractivity contribution in [1.82, 2.24) is 0 Å². The maximum atomic E-state index is 7.07. The molecular weight excluding hydrogens is 79.5 g/mol. The van der Waals surface area contributed by atoms with Gasteiger partial charge in [0, 0.05) is 0 Å². The molecule has 0 spiro atoms. The van der Waals surface area contributed by atoms with Crippen LogP contribution in [0.5, 0.6) is 0 Å². The minimum Gasteiger partial charge on any atom is -0.252 e. The zero-order chi connectivity index (χ0) is 2.71. The lowest BCUT2D eigenvalue weighted by atomic mass is 11.8. The van der Waals surface area contributed by atoms with E-state index in [1.54, 1.807) is 0 Å². The van der Waals surface area contributed by atoms with Gasteiger partial charge in [0.2, 0.25) is 0 Å². The minimum atomic E-state index is 0. The second-order valence-corrected chi connectivity index (χ2v) is 0.183. The van der Waals surface area contributed by atoms with Gasteiger partial charge in [-0.1, -0.05) is 0 Å². The van der Waals surface area contributed by atoms with E-state index in [0.29, 0.717) is 0 Å². The van der Waals surface area contributed by atoms with Gasteiger partial charge in [-0.15, -0.1) is 12.4 Å². The lowest BCUT2D eigenvalue weighted by Crippen LogP contribution is -1.57. The van der Waals surface area contributed by atoms with Gasteiger partial charge in [0.15, 0.2) is 0 Å². The van der Waals surface area contributed by atoms with Crippen molar-refractivity contribution < 1.29 is 10.1 Å². The van der Waals surface area contributed by atoms with Crippen molar-refractivity contribution in [3.05, 3.63) is 0 Å². The Morgan fingerprint density at radius 1 is 1.75 bits per heavy atom. The SMILES string of the molecule is COO.Cl. The zero-order valence-corrected chi connectivity index (χ0v) is 3.08. The van der Waals surface area contributed by atoms with Crippen LogP contribution < -0.4 is 0 Å². The number of halogens is 1. The molecule has 0 aliphatic rings. The van der Waals surface area contributed by atoms with Gasteiger partial charge in [-0.3, -0.25) is 5.26 Å². The molecule has 0 radical (unpaired) electrons. The third-order valence-electron chi connectivity index (χ3n) is 0. The molecule has 0 aromatic carbocycles. The fourth-order valence-electron chi connectivity index (χ4n) is 0. The lowest BCUT2D eigenvalue weighted by Gasteiger charge is -1.59. The molecule has 0 rings (SSSR count). The average molecular weight is 84.5 g/mol. The molecular formula is CH5ClO2. The molecule has 0 saturated carbocycles. The van der Waals surface area contributed by atoms with Crippen molar-refractivity contribution in [2.24, 2.45) is 0 Å². The third-order valence-corrected chi connectivity index (χ3v) is 0. The summed E-state index contributed by atoms with van der Waals surface area (Å²) in [7, 11) is 1.18. The van der Waals surface area contributed by atoms with E-state index in [9.17, 15) is 0 Å². The first kappa shape index (κ1) is 8.88. The normalized spacial score (nSPS) is 4.50. The van der Waals surface area contributed by atoms with Crippen LogP contribution in [0.25, 0.3) is 0 Å². The molecule has 0 amide bonds. The summed E-state index contributed by atoms with van der Waals surface area (Å²) >= 11 is 0. The maximum absolute atomic E-state index is 7.07. The molecule has 0 bridgehead atoms. The summed E-state index contributed by atoms with van der Waals surface area (Å²) in [6.07, 6.45) is 0. The largest absolute Gasteiger partial charge is 0.252 e. The maximum Gasteiger partial charge on any atom is 0.0710 e. The summed E-state index contributed by atoms with van der Waals surface area (Å²) in [5.41, 5.74) is 0. The number of hydrogen-bond acceptors (Lipinski definition) is 2. The first-order chi connectivity index (χ1) is 1.41. The summed E-state index contributed by atoms with van der Waals surface area (Å²) < 4.78 is 0. The molecule has 0 aromatic rings. The Morgan fingerprint density at radius 3 is 1.75 bits per heavy atom. The Labute approximate surface area is 30.7 Å². The summed E-state index contributed by atoms with van der Waals surface area (Å²) in [6.45, 7) is 0. The molecule has 0 aliphatic carbocycles. The third kappa shape index (κ3) is 73.4. The summed E-state index contributed by atoms with van der Waals surface area (Å²) in [6, 6.07) is 0. The quantitative estimate of drug-likeness (QED) is 0.343. The van der Waals surface area contributed by atoms with Crippen LogP contribution in [0.4, 0.5) is 0 Å². The van der Waals surface area contributed by atoms with E-state index in [0.717, 1.165) is 0 Å². The molecule has 0 unspecified atom stereocenters. The van der Waals surface area contributed by atoms with Gasteiger partial charge in [-0.25, -0.2) is 4.89 Å².